The normalized spacial score (nSPS) is 11.1. The van der Waals surface area contributed by atoms with Gasteiger partial charge in [-0.2, -0.15) is 0 Å². The number of aliphatic carboxylic acids is 2. The van der Waals surface area contributed by atoms with E-state index in [4.69, 9.17) is 15.3 Å². The molecule has 0 amide bonds. The minimum absolute atomic E-state index is 0.0375. The van der Waals surface area contributed by atoms with Crippen LogP contribution in [0.2, 0.25) is 0 Å². The van der Waals surface area contributed by atoms with Crippen molar-refractivity contribution in [3.05, 3.63) is 29.8 Å². The molecule has 5 heteroatoms. The second-order valence-electron chi connectivity index (χ2n) is 3.42. The minimum atomic E-state index is -1.95. The van der Waals surface area contributed by atoms with Crippen LogP contribution in [-0.2, 0) is 15.0 Å². The molecule has 86 valence electrons. The van der Waals surface area contributed by atoms with Crippen LogP contribution in [0, 0.1) is 0 Å². The van der Waals surface area contributed by atoms with Gasteiger partial charge in [0.2, 0.25) is 0 Å². The topological polar surface area (TPSA) is 94.8 Å². The molecular weight excluding hydrogens is 212 g/mol. The summed E-state index contributed by atoms with van der Waals surface area (Å²) in [5.74, 6) is -2.86. The maximum atomic E-state index is 11.1. The molecule has 0 fully saturated rings. The molecule has 0 radical (unpaired) electrons. The quantitative estimate of drug-likeness (QED) is 0.668. The van der Waals surface area contributed by atoms with Gasteiger partial charge in [0.1, 0.15) is 5.75 Å². The number of phenols is 1. The van der Waals surface area contributed by atoms with E-state index in [1.165, 1.54) is 31.2 Å². The summed E-state index contributed by atoms with van der Waals surface area (Å²) in [5.41, 5.74) is -1.80. The molecule has 0 saturated carbocycles. The van der Waals surface area contributed by atoms with E-state index in [9.17, 15) is 9.59 Å². The summed E-state index contributed by atoms with van der Waals surface area (Å²) in [4.78, 5) is 22.3. The van der Waals surface area contributed by atoms with E-state index in [-0.39, 0.29) is 17.7 Å². The summed E-state index contributed by atoms with van der Waals surface area (Å²) in [6.45, 7) is 1.50. The minimum Gasteiger partial charge on any atom is -0.508 e. The summed E-state index contributed by atoms with van der Waals surface area (Å²) < 4.78 is 0. The first-order valence-electron chi connectivity index (χ1n) is 4.71. The fourth-order valence-electron chi connectivity index (χ4n) is 1.59. The van der Waals surface area contributed by atoms with E-state index in [1.807, 2.05) is 0 Å². The standard InChI is InChI=1S/C11H12O5/c1-2-11(9(13)14,10(15)16)7-3-5-8(12)6-4-7/h3-6,12H,2H2,1H3,(H,13,14)(H,15,16). The third-order valence-corrected chi connectivity index (χ3v) is 2.62. The number of phenolic OH excluding ortho intramolecular Hbond substituents is 1. The lowest BCUT2D eigenvalue weighted by molar-refractivity contribution is -0.157. The molecular formula is C11H12O5. The first kappa shape index (κ1) is 12.0. The van der Waals surface area contributed by atoms with Crippen LogP contribution in [0.4, 0.5) is 0 Å². The molecule has 5 nitrogen and oxygen atoms in total. The molecule has 1 rings (SSSR count). The first-order valence-corrected chi connectivity index (χ1v) is 4.71. The highest BCUT2D eigenvalue weighted by atomic mass is 16.4. The lowest BCUT2D eigenvalue weighted by Crippen LogP contribution is -2.43. The van der Waals surface area contributed by atoms with Crippen LogP contribution < -0.4 is 0 Å². The van der Waals surface area contributed by atoms with E-state index in [0.29, 0.717) is 0 Å². The van der Waals surface area contributed by atoms with Gasteiger partial charge in [-0.3, -0.25) is 9.59 Å². The Morgan fingerprint density at radius 1 is 1.12 bits per heavy atom. The van der Waals surface area contributed by atoms with E-state index >= 15 is 0 Å². The lowest BCUT2D eigenvalue weighted by Gasteiger charge is -2.23. The zero-order valence-electron chi connectivity index (χ0n) is 8.67. The number of rotatable bonds is 4. The van der Waals surface area contributed by atoms with Crippen LogP contribution in [0.15, 0.2) is 24.3 Å². The predicted molar refractivity (Wildman–Crippen MR) is 55.3 cm³/mol. The maximum Gasteiger partial charge on any atom is 0.325 e. The van der Waals surface area contributed by atoms with Gasteiger partial charge in [-0.05, 0) is 24.1 Å². The van der Waals surface area contributed by atoms with E-state index in [2.05, 4.69) is 0 Å². The largest absolute Gasteiger partial charge is 0.508 e. The second-order valence-corrected chi connectivity index (χ2v) is 3.42. The Morgan fingerprint density at radius 2 is 1.56 bits per heavy atom. The monoisotopic (exact) mass is 224 g/mol. The van der Waals surface area contributed by atoms with Crippen molar-refractivity contribution in [2.75, 3.05) is 0 Å². The fraction of sp³-hybridized carbons (Fsp3) is 0.273. The van der Waals surface area contributed by atoms with Crippen molar-refractivity contribution in [3.63, 3.8) is 0 Å². The number of hydrogen-bond acceptors (Lipinski definition) is 3. The second kappa shape index (κ2) is 4.22. The van der Waals surface area contributed by atoms with Crippen LogP contribution in [0.25, 0.3) is 0 Å². The van der Waals surface area contributed by atoms with Gasteiger partial charge < -0.3 is 15.3 Å². The Balaban J connectivity index is 3.36. The number of carboxylic acids is 2. The zero-order chi connectivity index (χ0) is 12.3. The zero-order valence-corrected chi connectivity index (χ0v) is 8.67. The van der Waals surface area contributed by atoms with Crippen molar-refractivity contribution in [3.8, 4) is 5.75 Å². The number of hydrogen-bond donors (Lipinski definition) is 3. The Bertz CT molecular complexity index is 393. The molecule has 0 heterocycles. The molecule has 0 aliphatic heterocycles. The summed E-state index contributed by atoms with van der Waals surface area (Å²) in [6, 6.07) is 5.15. The van der Waals surface area contributed by atoms with Gasteiger partial charge in [0, 0.05) is 0 Å². The molecule has 0 spiro atoms. The highest BCUT2D eigenvalue weighted by molar-refractivity contribution is 6.04. The molecule has 16 heavy (non-hydrogen) atoms. The SMILES string of the molecule is CCC(C(=O)O)(C(=O)O)c1ccc(O)cc1. The lowest BCUT2D eigenvalue weighted by atomic mass is 9.78. The number of carboxylic acid groups (broad SMARTS) is 2. The third kappa shape index (κ3) is 1.71. The van der Waals surface area contributed by atoms with Crippen molar-refractivity contribution in [2.24, 2.45) is 0 Å². The Morgan fingerprint density at radius 3 is 1.88 bits per heavy atom. The van der Waals surface area contributed by atoms with Gasteiger partial charge >= 0.3 is 11.9 Å². The van der Waals surface area contributed by atoms with Gasteiger partial charge in [0.05, 0.1) is 0 Å². The van der Waals surface area contributed by atoms with Crippen LogP contribution in [-0.4, -0.2) is 27.3 Å². The molecule has 0 bridgehead atoms. The highest BCUT2D eigenvalue weighted by Gasteiger charge is 2.46. The van der Waals surface area contributed by atoms with Gasteiger partial charge in [-0.25, -0.2) is 0 Å². The van der Waals surface area contributed by atoms with Crippen LogP contribution in [0.1, 0.15) is 18.9 Å². The van der Waals surface area contributed by atoms with Crippen molar-refractivity contribution < 1.29 is 24.9 Å². The summed E-state index contributed by atoms with van der Waals surface area (Å²) in [6.07, 6.45) is -0.0670. The Labute approximate surface area is 92.0 Å². The van der Waals surface area contributed by atoms with Crippen molar-refractivity contribution in [1.29, 1.82) is 0 Å². The van der Waals surface area contributed by atoms with Crippen LogP contribution >= 0.6 is 0 Å². The molecule has 0 atom stereocenters. The first-order chi connectivity index (χ1) is 7.45. The number of aromatic hydroxyl groups is 1. The molecule has 0 unspecified atom stereocenters. The van der Waals surface area contributed by atoms with Crippen LogP contribution in [0.5, 0.6) is 5.75 Å². The van der Waals surface area contributed by atoms with Crippen molar-refractivity contribution >= 4 is 11.9 Å². The van der Waals surface area contributed by atoms with E-state index in [1.54, 1.807) is 0 Å². The van der Waals surface area contributed by atoms with Crippen LogP contribution in [0.3, 0.4) is 0 Å². The molecule has 1 aromatic rings. The van der Waals surface area contributed by atoms with Gasteiger partial charge in [-0.1, -0.05) is 19.1 Å². The molecule has 0 aliphatic carbocycles. The molecule has 0 aromatic heterocycles. The van der Waals surface area contributed by atoms with E-state index in [0.717, 1.165) is 0 Å². The average molecular weight is 224 g/mol. The third-order valence-electron chi connectivity index (χ3n) is 2.62. The molecule has 0 saturated heterocycles. The van der Waals surface area contributed by atoms with Gasteiger partial charge in [0.15, 0.2) is 5.41 Å². The predicted octanol–water partition coefficient (Wildman–Crippen LogP) is 1.21. The van der Waals surface area contributed by atoms with Gasteiger partial charge in [-0.15, -0.1) is 0 Å². The van der Waals surface area contributed by atoms with Crippen molar-refractivity contribution in [1.82, 2.24) is 0 Å². The highest BCUT2D eigenvalue weighted by Crippen LogP contribution is 2.30. The van der Waals surface area contributed by atoms with E-state index < -0.39 is 17.4 Å². The Hall–Kier alpha value is -2.04. The fourth-order valence-corrected chi connectivity index (χ4v) is 1.59. The smallest absolute Gasteiger partial charge is 0.325 e. The Kier molecular flexibility index (Phi) is 3.17. The number of benzene rings is 1. The van der Waals surface area contributed by atoms with Crippen molar-refractivity contribution in [2.45, 2.75) is 18.8 Å². The average Bonchev–Trinajstić information content (AvgIpc) is 2.21. The maximum absolute atomic E-state index is 11.1. The molecule has 0 aliphatic rings. The molecule has 3 N–H and O–H groups in total. The summed E-state index contributed by atoms with van der Waals surface area (Å²) >= 11 is 0. The number of carbonyl (C=O) groups is 2. The molecule has 1 aromatic carbocycles. The summed E-state index contributed by atoms with van der Waals surface area (Å²) in [5, 5.41) is 27.2. The summed E-state index contributed by atoms with van der Waals surface area (Å²) in [7, 11) is 0. The van der Waals surface area contributed by atoms with Gasteiger partial charge in [0.25, 0.3) is 0 Å².